The second-order valence-electron chi connectivity index (χ2n) is 4.76. The number of hydrogen-bond acceptors (Lipinski definition) is 1. The number of nitrogens with two attached hydrogens (primary N) is 1. The molecule has 2 N–H and O–H groups in total. The average molecular weight is 251 g/mol. The minimum atomic E-state index is 0.715. The van der Waals surface area contributed by atoms with Crippen LogP contribution in [0.4, 0.5) is 0 Å². The summed E-state index contributed by atoms with van der Waals surface area (Å²) in [5.74, 6) is 0. The van der Waals surface area contributed by atoms with Gasteiger partial charge in [-0.25, -0.2) is 0 Å². The van der Waals surface area contributed by atoms with Gasteiger partial charge in [-0.2, -0.15) is 0 Å². The van der Waals surface area contributed by atoms with Gasteiger partial charge in [0.25, 0.3) is 0 Å². The summed E-state index contributed by atoms with van der Waals surface area (Å²) in [6, 6.07) is 21.2. The van der Waals surface area contributed by atoms with Crippen LogP contribution in [0.5, 0.6) is 0 Å². The minimum absolute atomic E-state index is 0.715. The van der Waals surface area contributed by atoms with E-state index >= 15 is 0 Å². The highest BCUT2D eigenvalue weighted by molar-refractivity contribution is 5.27. The van der Waals surface area contributed by atoms with Crippen molar-refractivity contribution in [3.8, 4) is 0 Å². The van der Waals surface area contributed by atoms with Gasteiger partial charge in [-0.1, -0.05) is 72.3 Å². The van der Waals surface area contributed by atoms with Crippen LogP contribution in [0.3, 0.4) is 0 Å². The molecule has 2 aromatic carbocycles. The summed E-state index contributed by atoms with van der Waals surface area (Å²) in [6.45, 7) is 0.715. The van der Waals surface area contributed by atoms with E-state index in [0.717, 1.165) is 19.3 Å². The lowest BCUT2D eigenvalue weighted by Crippen LogP contribution is -2.00. The maximum Gasteiger partial charge on any atom is -0.00425 e. The SMILES string of the molecule is NCCC=C(Cc1ccccc1)Cc1ccccc1. The molecule has 0 fully saturated rings. The summed E-state index contributed by atoms with van der Waals surface area (Å²) in [7, 11) is 0. The molecule has 0 aliphatic rings. The number of benzene rings is 2. The second-order valence-corrected chi connectivity index (χ2v) is 4.76. The Bertz CT molecular complexity index is 456. The summed E-state index contributed by atoms with van der Waals surface area (Å²) < 4.78 is 0. The molecule has 0 aliphatic carbocycles. The largest absolute Gasteiger partial charge is 0.330 e. The Balaban J connectivity index is 2.08. The lowest BCUT2D eigenvalue weighted by molar-refractivity contribution is 0.953. The van der Waals surface area contributed by atoms with Crippen molar-refractivity contribution in [3.05, 3.63) is 83.4 Å². The van der Waals surface area contributed by atoms with Gasteiger partial charge in [0.15, 0.2) is 0 Å². The summed E-state index contributed by atoms with van der Waals surface area (Å²) in [4.78, 5) is 0. The van der Waals surface area contributed by atoms with Crippen LogP contribution in [-0.4, -0.2) is 6.54 Å². The van der Waals surface area contributed by atoms with Crippen molar-refractivity contribution >= 4 is 0 Å². The topological polar surface area (TPSA) is 26.0 Å². The third-order valence-electron chi connectivity index (χ3n) is 3.15. The van der Waals surface area contributed by atoms with E-state index < -0.39 is 0 Å². The van der Waals surface area contributed by atoms with Crippen molar-refractivity contribution in [2.24, 2.45) is 5.73 Å². The lowest BCUT2D eigenvalue weighted by Gasteiger charge is -2.08. The molecule has 0 aromatic heterocycles. The highest BCUT2D eigenvalue weighted by atomic mass is 14.5. The zero-order valence-electron chi connectivity index (χ0n) is 11.3. The van der Waals surface area contributed by atoms with Gasteiger partial charge in [0, 0.05) is 0 Å². The third-order valence-corrected chi connectivity index (χ3v) is 3.15. The quantitative estimate of drug-likeness (QED) is 0.777. The maximum atomic E-state index is 5.62. The molecule has 0 bridgehead atoms. The Morgan fingerprint density at radius 1 is 0.789 bits per heavy atom. The van der Waals surface area contributed by atoms with Gasteiger partial charge in [-0.05, 0) is 36.9 Å². The zero-order chi connectivity index (χ0) is 13.3. The van der Waals surface area contributed by atoms with Crippen LogP contribution in [0.2, 0.25) is 0 Å². The van der Waals surface area contributed by atoms with Gasteiger partial charge in [-0.3, -0.25) is 0 Å². The van der Waals surface area contributed by atoms with Crippen LogP contribution in [-0.2, 0) is 12.8 Å². The molecular weight excluding hydrogens is 230 g/mol. The van der Waals surface area contributed by atoms with Crippen LogP contribution >= 0.6 is 0 Å². The Morgan fingerprint density at radius 3 is 1.68 bits per heavy atom. The molecule has 0 saturated heterocycles. The molecule has 0 heterocycles. The van der Waals surface area contributed by atoms with Crippen LogP contribution < -0.4 is 5.73 Å². The van der Waals surface area contributed by atoms with Gasteiger partial charge in [0.05, 0.1) is 0 Å². The molecule has 0 aliphatic heterocycles. The van der Waals surface area contributed by atoms with Crippen molar-refractivity contribution in [2.45, 2.75) is 19.3 Å². The Kier molecular flexibility index (Phi) is 5.39. The fourth-order valence-electron chi connectivity index (χ4n) is 2.21. The number of rotatable bonds is 6. The molecule has 2 aromatic rings. The van der Waals surface area contributed by atoms with Gasteiger partial charge in [0.1, 0.15) is 0 Å². The fraction of sp³-hybridized carbons (Fsp3) is 0.222. The number of hydrogen-bond donors (Lipinski definition) is 1. The van der Waals surface area contributed by atoms with E-state index in [9.17, 15) is 0 Å². The molecule has 0 unspecified atom stereocenters. The minimum Gasteiger partial charge on any atom is -0.330 e. The maximum absolute atomic E-state index is 5.62. The second kappa shape index (κ2) is 7.55. The van der Waals surface area contributed by atoms with E-state index in [1.807, 2.05) is 0 Å². The van der Waals surface area contributed by atoms with Crippen LogP contribution in [0.1, 0.15) is 17.5 Å². The summed E-state index contributed by atoms with van der Waals surface area (Å²) in [5, 5.41) is 0. The van der Waals surface area contributed by atoms with Crippen molar-refractivity contribution in [1.29, 1.82) is 0 Å². The van der Waals surface area contributed by atoms with Crippen LogP contribution in [0, 0.1) is 0 Å². The van der Waals surface area contributed by atoms with Gasteiger partial charge < -0.3 is 5.73 Å². The lowest BCUT2D eigenvalue weighted by atomic mass is 9.97. The van der Waals surface area contributed by atoms with Gasteiger partial charge >= 0.3 is 0 Å². The highest BCUT2D eigenvalue weighted by Crippen LogP contribution is 2.14. The summed E-state index contributed by atoms with van der Waals surface area (Å²) >= 11 is 0. The molecule has 19 heavy (non-hydrogen) atoms. The molecule has 0 spiro atoms. The predicted molar refractivity (Wildman–Crippen MR) is 82.0 cm³/mol. The average Bonchev–Trinajstić information content (AvgIpc) is 2.47. The number of allylic oxidation sites excluding steroid dienone is 1. The first-order chi connectivity index (χ1) is 9.38. The molecule has 0 radical (unpaired) electrons. The smallest absolute Gasteiger partial charge is 0.00425 e. The van der Waals surface area contributed by atoms with Crippen LogP contribution in [0.15, 0.2) is 72.3 Å². The summed E-state index contributed by atoms with van der Waals surface area (Å²) in [6.07, 6.45) is 5.26. The fourth-order valence-corrected chi connectivity index (χ4v) is 2.21. The molecule has 0 amide bonds. The Hall–Kier alpha value is -1.86. The molecular formula is C18H21N. The predicted octanol–water partition coefficient (Wildman–Crippen LogP) is 3.75. The molecule has 2 rings (SSSR count). The first kappa shape index (κ1) is 13.6. The van der Waals surface area contributed by atoms with Crippen molar-refractivity contribution < 1.29 is 0 Å². The van der Waals surface area contributed by atoms with E-state index in [2.05, 4.69) is 66.7 Å². The molecule has 1 nitrogen and oxygen atoms in total. The third kappa shape index (κ3) is 4.72. The normalized spacial score (nSPS) is 10.2. The van der Waals surface area contributed by atoms with E-state index in [4.69, 9.17) is 5.73 Å². The Labute approximate surface area is 115 Å². The molecule has 98 valence electrons. The Morgan fingerprint density at radius 2 is 1.26 bits per heavy atom. The monoisotopic (exact) mass is 251 g/mol. The van der Waals surface area contributed by atoms with E-state index in [1.54, 1.807) is 0 Å². The summed E-state index contributed by atoms with van der Waals surface area (Å²) in [5.41, 5.74) is 9.79. The van der Waals surface area contributed by atoms with Gasteiger partial charge in [0.2, 0.25) is 0 Å². The van der Waals surface area contributed by atoms with Crippen molar-refractivity contribution in [3.63, 3.8) is 0 Å². The molecule has 0 atom stereocenters. The molecule has 1 heteroatoms. The first-order valence-electron chi connectivity index (χ1n) is 6.84. The zero-order valence-corrected chi connectivity index (χ0v) is 11.3. The standard InChI is InChI=1S/C18H21N/c19-13-7-12-18(14-16-8-3-1-4-9-16)15-17-10-5-2-6-11-17/h1-6,8-12H,7,13-15,19H2. The van der Waals surface area contributed by atoms with E-state index in [1.165, 1.54) is 16.7 Å². The van der Waals surface area contributed by atoms with E-state index in [0.29, 0.717) is 6.54 Å². The molecule has 0 saturated carbocycles. The first-order valence-corrected chi connectivity index (χ1v) is 6.84. The van der Waals surface area contributed by atoms with Gasteiger partial charge in [-0.15, -0.1) is 0 Å². The highest BCUT2D eigenvalue weighted by Gasteiger charge is 2.01. The van der Waals surface area contributed by atoms with Crippen molar-refractivity contribution in [1.82, 2.24) is 0 Å². The van der Waals surface area contributed by atoms with Crippen LogP contribution in [0.25, 0.3) is 0 Å². The van der Waals surface area contributed by atoms with E-state index in [-0.39, 0.29) is 0 Å². The van der Waals surface area contributed by atoms with Crippen molar-refractivity contribution in [2.75, 3.05) is 6.54 Å².